The van der Waals surface area contributed by atoms with Gasteiger partial charge in [0, 0.05) is 30.6 Å². The summed E-state index contributed by atoms with van der Waals surface area (Å²) in [7, 11) is -3.54. The number of halogens is 1. The smallest absolute Gasteiger partial charge is 0.243 e. The molecule has 0 heterocycles. The van der Waals surface area contributed by atoms with E-state index in [4.69, 9.17) is 11.6 Å². The number of benzene rings is 2. The summed E-state index contributed by atoms with van der Waals surface area (Å²) < 4.78 is 26.6. The van der Waals surface area contributed by atoms with Crippen molar-refractivity contribution in [1.82, 2.24) is 10.2 Å². The standard InChI is InChI=1S/C30H42ClN3O4S/c1-5-28(30(36)32-26-10-7-6-8-11-26)33(21-24-13-15-25(31)16-14-24)29(35)12-9-17-34(39(4,37)38)27-19-22(2)18-23(3)20-27/h13-16,18-20,26,28H,5-12,17,21H2,1-4H3,(H,32,36)/t28-/m0/s1. The molecule has 1 aliphatic rings. The Morgan fingerprint density at radius 2 is 1.64 bits per heavy atom. The summed E-state index contributed by atoms with van der Waals surface area (Å²) in [6.07, 6.45) is 7.45. The number of anilines is 1. The molecular formula is C30H42ClN3O4S. The third kappa shape index (κ3) is 9.24. The van der Waals surface area contributed by atoms with Crippen molar-refractivity contribution in [3.8, 4) is 0 Å². The van der Waals surface area contributed by atoms with E-state index in [0.29, 0.717) is 23.6 Å². The van der Waals surface area contributed by atoms with Crippen LogP contribution in [0, 0.1) is 13.8 Å². The number of nitrogens with zero attached hydrogens (tertiary/aromatic N) is 2. The van der Waals surface area contributed by atoms with Gasteiger partial charge in [-0.1, -0.05) is 56.0 Å². The van der Waals surface area contributed by atoms with Crippen LogP contribution in [-0.2, 0) is 26.2 Å². The van der Waals surface area contributed by atoms with E-state index in [1.54, 1.807) is 17.0 Å². The van der Waals surface area contributed by atoms with Crippen LogP contribution >= 0.6 is 11.6 Å². The van der Waals surface area contributed by atoms with Crippen LogP contribution in [0.25, 0.3) is 0 Å². The second-order valence-corrected chi connectivity index (χ2v) is 13.0. The van der Waals surface area contributed by atoms with E-state index in [1.165, 1.54) is 17.0 Å². The number of rotatable bonds is 12. The molecule has 1 saturated carbocycles. The normalized spacial score (nSPS) is 15.0. The fourth-order valence-electron chi connectivity index (χ4n) is 5.35. The number of sulfonamides is 1. The Bertz CT molecular complexity index is 1210. The van der Waals surface area contributed by atoms with Gasteiger partial charge in [0.15, 0.2) is 0 Å². The van der Waals surface area contributed by atoms with E-state index in [9.17, 15) is 18.0 Å². The molecule has 0 radical (unpaired) electrons. The number of aryl methyl sites for hydroxylation is 2. The maximum atomic E-state index is 13.6. The first kappa shape index (κ1) is 31.0. The van der Waals surface area contributed by atoms with Gasteiger partial charge in [-0.3, -0.25) is 13.9 Å². The first-order valence-electron chi connectivity index (χ1n) is 13.9. The van der Waals surface area contributed by atoms with Crippen LogP contribution in [0.4, 0.5) is 5.69 Å². The first-order chi connectivity index (χ1) is 18.5. The van der Waals surface area contributed by atoms with Crippen molar-refractivity contribution < 1.29 is 18.0 Å². The summed E-state index contributed by atoms with van der Waals surface area (Å²) >= 11 is 6.07. The van der Waals surface area contributed by atoms with Crippen LogP contribution in [0.3, 0.4) is 0 Å². The van der Waals surface area contributed by atoms with E-state index in [1.807, 2.05) is 51.1 Å². The van der Waals surface area contributed by atoms with Gasteiger partial charge in [-0.05, 0) is 80.5 Å². The predicted molar refractivity (Wildman–Crippen MR) is 158 cm³/mol. The van der Waals surface area contributed by atoms with E-state index in [-0.39, 0.29) is 37.4 Å². The molecule has 0 aromatic heterocycles. The number of hydrogen-bond acceptors (Lipinski definition) is 4. The average Bonchev–Trinajstić information content (AvgIpc) is 2.86. The summed E-state index contributed by atoms with van der Waals surface area (Å²) in [6, 6.07) is 12.5. The summed E-state index contributed by atoms with van der Waals surface area (Å²) in [4.78, 5) is 28.7. The van der Waals surface area contributed by atoms with Gasteiger partial charge in [0.25, 0.3) is 0 Å². The molecule has 2 amide bonds. The van der Waals surface area contributed by atoms with E-state index < -0.39 is 16.1 Å². The minimum atomic E-state index is -3.54. The summed E-state index contributed by atoms with van der Waals surface area (Å²) in [5, 5.41) is 3.79. The van der Waals surface area contributed by atoms with Gasteiger partial charge in [0.1, 0.15) is 6.04 Å². The molecule has 2 aromatic carbocycles. The fraction of sp³-hybridized carbons (Fsp3) is 0.533. The molecule has 1 atom stereocenters. The molecule has 0 saturated heterocycles. The predicted octanol–water partition coefficient (Wildman–Crippen LogP) is 5.76. The minimum absolute atomic E-state index is 0.123. The lowest BCUT2D eigenvalue weighted by atomic mass is 9.95. The van der Waals surface area contributed by atoms with Gasteiger partial charge in [0.2, 0.25) is 21.8 Å². The van der Waals surface area contributed by atoms with Crippen LogP contribution in [0.2, 0.25) is 5.02 Å². The zero-order valence-corrected chi connectivity index (χ0v) is 25.2. The Morgan fingerprint density at radius 1 is 1.03 bits per heavy atom. The Hall–Kier alpha value is -2.58. The highest BCUT2D eigenvalue weighted by Crippen LogP contribution is 2.23. The molecule has 1 aliphatic carbocycles. The van der Waals surface area contributed by atoms with Gasteiger partial charge in [-0.2, -0.15) is 0 Å². The van der Waals surface area contributed by atoms with Crippen molar-refractivity contribution in [3.63, 3.8) is 0 Å². The number of carbonyl (C=O) groups is 2. The minimum Gasteiger partial charge on any atom is -0.352 e. The van der Waals surface area contributed by atoms with Crippen molar-refractivity contribution >= 4 is 39.1 Å². The van der Waals surface area contributed by atoms with Crippen molar-refractivity contribution in [1.29, 1.82) is 0 Å². The Labute approximate surface area is 239 Å². The molecule has 214 valence electrons. The molecule has 3 rings (SSSR count). The van der Waals surface area contributed by atoms with E-state index >= 15 is 0 Å². The highest BCUT2D eigenvalue weighted by molar-refractivity contribution is 7.92. The Balaban J connectivity index is 1.76. The lowest BCUT2D eigenvalue weighted by Gasteiger charge is -2.33. The Kier molecular flexibility index (Phi) is 11.2. The van der Waals surface area contributed by atoms with Crippen LogP contribution < -0.4 is 9.62 Å². The van der Waals surface area contributed by atoms with Gasteiger partial charge in [0.05, 0.1) is 11.9 Å². The lowest BCUT2D eigenvalue weighted by Crippen LogP contribution is -2.51. The molecule has 2 aromatic rings. The van der Waals surface area contributed by atoms with Crippen LogP contribution in [0.1, 0.15) is 75.0 Å². The van der Waals surface area contributed by atoms with Gasteiger partial charge in [-0.15, -0.1) is 0 Å². The number of amides is 2. The van der Waals surface area contributed by atoms with Crippen molar-refractivity contribution in [2.24, 2.45) is 0 Å². The molecule has 0 aliphatic heterocycles. The molecule has 0 bridgehead atoms. The molecule has 0 spiro atoms. The van der Waals surface area contributed by atoms with Gasteiger partial charge in [-0.25, -0.2) is 8.42 Å². The van der Waals surface area contributed by atoms with Gasteiger partial charge >= 0.3 is 0 Å². The lowest BCUT2D eigenvalue weighted by molar-refractivity contribution is -0.141. The van der Waals surface area contributed by atoms with Crippen LogP contribution in [-0.4, -0.2) is 50.0 Å². The SMILES string of the molecule is CC[C@@H](C(=O)NC1CCCCC1)N(Cc1ccc(Cl)cc1)C(=O)CCCN(c1cc(C)cc(C)c1)S(C)(=O)=O. The zero-order chi connectivity index (χ0) is 28.6. The largest absolute Gasteiger partial charge is 0.352 e. The molecule has 1 N–H and O–H groups in total. The molecule has 1 fully saturated rings. The maximum absolute atomic E-state index is 13.6. The first-order valence-corrected chi connectivity index (χ1v) is 16.1. The molecule has 39 heavy (non-hydrogen) atoms. The number of carbonyl (C=O) groups excluding carboxylic acids is 2. The van der Waals surface area contributed by atoms with Crippen molar-refractivity contribution in [2.45, 2.75) is 90.8 Å². The monoisotopic (exact) mass is 575 g/mol. The molecule has 0 unspecified atom stereocenters. The summed E-state index contributed by atoms with van der Waals surface area (Å²) in [6.45, 7) is 6.22. The van der Waals surface area contributed by atoms with E-state index in [0.717, 1.165) is 42.4 Å². The molecular weight excluding hydrogens is 534 g/mol. The van der Waals surface area contributed by atoms with Crippen molar-refractivity contribution in [3.05, 3.63) is 64.2 Å². The summed E-state index contributed by atoms with van der Waals surface area (Å²) in [5.74, 6) is -0.302. The maximum Gasteiger partial charge on any atom is 0.243 e. The van der Waals surface area contributed by atoms with Crippen LogP contribution in [0.5, 0.6) is 0 Å². The highest BCUT2D eigenvalue weighted by atomic mass is 35.5. The van der Waals surface area contributed by atoms with Crippen LogP contribution in [0.15, 0.2) is 42.5 Å². The zero-order valence-electron chi connectivity index (χ0n) is 23.6. The highest BCUT2D eigenvalue weighted by Gasteiger charge is 2.30. The van der Waals surface area contributed by atoms with E-state index in [2.05, 4.69) is 5.32 Å². The average molecular weight is 576 g/mol. The fourth-order valence-corrected chi connectivity index (χ4v) is 6.42. The second kappa shape index (κ2) is 14.2. The number of hydrogen-bond donors (Lipinski definition) is 1. The summed E-state index contributed by atoms with van der Waals surface area (Å²) in [5.41, 5.74) is 3.42. The molecule has 9 heteroatoms. The van der Waals surface area contributed by atoms with Crippen molar-refractivity contribution in [2.75, 3.05) is 17.1 Å². The Morgan fingerprint density at radius 3 is 2.21 bits per heavy atom. The molecule has 7 nitrogen and oxygen atoms in total. The third-order valence-corrected chi connectivity index (χ3v) is 8.70. The third-order valence-electron chi connectivity index (χ3n) is 7.25. The quantitative estimate of drug-likeness (QED) is 0.349. The second-order valence-electron chi connectivity index (χ2n) is 10.7. The topological polar surface area (TPSA) is 86.8 Å². The van der Waals surface area contributed by atoms with Gasteiger partial charge < -0.3 is 10.2 Å². The number of nitrogens with one attached hydrogen (secondary N) is 1.